The average Bonchev–Trinajstić information content (AvgIpc) is 2.70. The molecular formula is C23H30N2O. The molecule has 1 aromatic rings. The van der Waals surface area contributed by atoms with Crippen LogP contribution in [0.25, 0.3) is 0 Å². The Balaban J connectivity index is 1.48. The Hall–Kier alpha value is -1.87. The van der Waals surface area contributed by atoms with Crippen molar-refractivity contribution >= 4 is 5.91 Å². The topological polar surface area (TPSA) is 32.3 Å². The van der Waals surface area contributed by atoms with Crippen LogP contribution in [0, 0.1) is 11.3 Å². The average molecular weight is 351 g/mol. The number of carbonyl (C=O) groups is 1. The third-order valence-corrected chi connectivity index (χ3v) is 6.45. The third kappa shape index (κ3) is 3.37. The van der Waals surface area contributed by atoms with Crippen molar-refractivity contribution < 1.29 is 4.79 Å². The van der Waals surface area contributed by atoms with Gasteiger partial charge < -0.3 is 10.2 Å². The summed E-state index contributed by atoms with van der Waals surface area (Å²) in [4.78, 5) is 15.8. The lowest BCUT2D eigenvalue weighted by atomic mass is 9.75. The fourth-order valence-electron chi connectivity index (χ4n) is 4.84. The molecule has 0 spiro atoms. The summed E-state index contributed by atoms with van der Waals surface area (Å²) in [6, 6.07) is 10.8. The molecule has 1 aliphatic carbocycles. The molecule has 1 atom stereocenters. The first-order chi connectivity index (χ1) is 12.7. The van der Waals surface area contributed by atoms with Gasteiger partial charge >= 0.3 is 0 Å². The van der Waals surface area contributed by atoms with Crippen LogP contribution < -0.4 is 5.32 Å². The second kappa shape index (κ2) is 7.40. The molecule has 0 unspecified atom stereocenters. The Bertz CT molecular complexity index is 671. The van der Waals surface area contributed by atoms with Gasteiger partial charge in [-0.15, -0.1) is 0 Å². The van der Waals surface area contributed by atoms with Crippen molar-refractivity contribution in [1.29, 1.82) is 0 Å². The molecule has 3 heteroatoms. The smallest absolute Gasteiger partial charge is 0.234 e. The third-order valence-electron chi connectivity index (χ3n) is 6.45. The molecule has 1 amide bonds. The summed E-state index contributed by atoms with van der Waals surface area (Å²) in [5.74, 6) is 1.12. The van der Waals surface area contributed by atoms with Gasteiger partial charge in [-0.2, -0.15) is 0 Å². The van der Waals surface area contributed by atoms with E-state index in [-0.39, 0.29) is 11.8 Å². The first-order valence-corrected chi connectivity index (χ1v) is 10.2. The Labute approximate surface area is 157 Å². The number of hydrogen-bond acceptors (Lipinski definition) is 2. The zero-order valence-corrected chi connectivity index (χ0v) is 15.7. The molecule has 3 heterocycles. The minimum atomic E-state index is -0.480. The van der Waals surface area contributed by atoms with Crippen LogP contribution in [0.1, 0.15) is 44.1 Å². The Morgan fingerprint density at radius 1 is 1.15 bits per heavy atom. The fourth-order valence-corrected chi connectivity index (χ4v) is 4.84. The number of piperidine rings is 3. The highest BCUT2D eigenvalue weighted by Crippen LogP contribution is 2.37. The first kappa shape index (κ1) is 17.5. The molecule has 138 valence electrons. The van der Waals surface area contributed by atoms with Crippen molar-refractivity contribution in [2.24, 2.45) is 11.3 Å². The van der Waals surface area contributed by atoms with E-state index in [0.29, 0.717) is 12.0 Å². The zero-order chi connectivity index (χ0) is 18.0. The quantitative estimate of drug-likeness (QED) is 0.817. The number of allylic oxidation sites excluding steroid dienone is 2. The van der Waals surface area contributed by atoms with E-state index in [1.165, 1.54) is 31.5 Å². The van der Waals surface area contributed by atoms with Gasteiger partial charge in [0.2, 0.25) is 5.91 Å². The molecule has 1 N–H and O–H groups in total. The standard InChI is InChI=1S/C23H30N2O/c1-2-12-23(13-8-19(9-14-23)18-6-4-3-5-7-18)22(26)24-21-17-25-15-10-20(21)11-16-25/h3-9,13-14,19-21H,2,10-12,15-17H2,1H3,(H,24,26)/t19?,21-,23?/m0/s1. The number of fused-ring (bicyclic) bond motifs is 3. The largest absolute Gasteiger partial charge is 0.351 e. The van der Waals surface area contributed by atoms with Crippen LogP contribution in [0.2, 0.25) is 0 Å². The highest BCUT2D eigenvalue weighted by atomic mass is 16.2. The number of nitrogens with one attached hydrogen (secondary N) is 1. The molecule has 1 aromatic carbocycles. The van der Waals surface area contributed by atoms with Crippen LogP contribution in [-0.4, -0.2) is 36.5 Å². The maximum absolute atomic E-state index is 13.3. The lowest BCUT2D eigenvalue weighted by Crippen LogP contribution is -2.59. The van der Waals surface area contributed by atoms with Gasteiger partial charge in [-0.05, 0) is 43.8 Å². The Morgan fingerprint density at radius 3 is 2.42 bits per heavy atom. The van der Waals surface area contributed by atoms with Crippen LogP contribution in [-0.2, 0) is 4.79 Å². The minimum absolute atomic E-state index is 0.192. The van der Waals surface area contributed by atoms with E-state index in [9.17, 15) is 4.79 Å². The summed E-state index contributed by atoms with van der Waals surface area (Å²) in [5.41, 5.74) is 0.800. The maximum atomic E-state index is 13.3. The molecule has 0 aromatic heterocycles. The van der Waals surface area contributed by atoms with E-state index in [1.54, 1.807) is 0 Å². The van der Waals surface area contributed by atoms with Gasteiger partial charge in [-0.25, -0.2) is 0 Å². The molecule has 0 radical (unpaired) electrons. The summed E-state index contributed by atoms with van der Waals surface area (Å²) in [5, 5.41) is 3.42. The molecule has 26 heavy (non-hydrogen) atoms. The minimum Gasteiger partial charge on any atom is -0.351 e. The molecule has 4 aliphatic rings. The van der Waals surface area contributed by atoms with Crippen molar-refractivity contribution in [1.82, 2.24) is 10.2 Å². The predicted molar refractivity (Wildman–Crippen MR) is 106 cm³/mol. The lowest BCUT2D eigenvalue weighted by Gasteiger charge is -2.46. The van der Waals surface area contributed by atoms with Crippen LogP contribution >= 0.6 is 0 Å². The van der Waals surface area contributed by atoms with Gasteiger partial charge in [0.15, 0.2) is 0 Å². The van der Waals surface area contributed by atoms with Gasteiger partial charge in [0, 0.05) is 18.5 Å². The summed E-state index contributed by atoms with van der Waals surface area (Å²) >= 11 is 0. The number of amides is 1. The van der Waals surface area contributed by atoms with Crippen molar-refractivity contribution in [2.75, 3.05) is 19.6 Å². The molecule has 2 bridgehead atoms. The maximum Gasteiger partial charge on any atom is 0.234 e. The monoisotopic (exact) mass is 350 g/mol. The molecule has 3 fully saturated rings. The van der Waals surface area contributed by atoms with Crippen molar-refractivity contribution in [3.8, 4) is 0 Å². The molecule has 3 nitrogen and oxygen atoms in total. The molecule has 5 rings (SSSR count). The molecule has 0 saturated carbocycles. The van der Waals surface area contributed by atoms with E-state index < -0.39 is 5.41 Å². The van der Waals surface area contributed by atoms with Crippen molar-refractivity contribution in [3.63, 3.8) is 0 Å². The molecule has 3 saturated heterocycles. The van der Waals surface area contributed by atoms with Crippen LogP contribution in [0.5, 0.6) is 0 Å². The van der Waals surface area contributed by atoms with Crippen LogP contribution in [0.4, 0.5) is 0 Å². The SMILES string of the molecule is CCCC1(C(=O)N[C@H]2CN3CCC2CC3)C=CC(c2ccccc2)C=C1. The van der Waals surface area contributed by atoms with E-state index in [0.717, 1.165) is 19.4 Å². The summed E-state index contributed by atoms with van der Waals surface area (Å²) in [7, 11) is 0. The lowest BCUT2D eigenvalue weighted by molar-refractivity contribution is -0.129. The highest BCUT2D eigenvalue weighted by molar-refractivity contribution is 5.87. The highest BCUT2D eigenvalue weighted by Gasteiger charge is 2.40. The number of rotatable bonds is 5. The van der Waals surface area contributed by atoms with Crippen molar-refractivity contribution in [3.05, 3.63) is 60.2 Å². The van der Waals surface area contributed by atoms with Gasteiger partial charge in [-0.1, -0.05) is 68.0 Å². The van der Waals surface area contributed by atoms with E-state index in [4.69, 9.17) is 0 Å². The van der Waals surface area contributed by atoms with Gasteiger partial charge in [-0.3, -0.25) is 4.79 Å². The van der Waals surface area contributed by atoms with Gasteiger partial charge in [0.1, 0.15) is 0 Å². The Morgan fingerprint density at radius 2 is 1.85 bits per heavy atom. The molecular weight excluding hydrogens is 320 g/mol. The Kier molecular flexibility index (Phi) is 4.99. The summed E-state index contributed by atoms with van der Waals surface area (Å²) in [6.45, 7) is 5.60. The van der Waals surface area contributed by atoms with Crippen molar-refractivity contribution in [2.45, 2.75) is 44.6 Å². The second-order valence-corrected chi connectivity index (χ2v) is 8.16. The van der Waals surface area contributed by atoms with Crippen LogP contribution in [0.15, 0.2) is 54.6 Å². The normalized spacial score (nSPS) is 35.4. The summed E-state index contributed by atoms with van der Waals surface area (Å²) in [6.07, 6.45) is 13.1. The van der Waals surface area contributed by atoms with Gasteiger partial charge in [0.05, 0.1) is 5.41 Å². The second-order valence-electron chi connectivity index (χ2n) is 8.16. The summed E-state index contributed by atoms with van der Waals surface area (Å²) < 4.78 is 0. The van der Waals surface area contributed by atoms with E-state index in [2.05, 4.69) is 65.7 Å². The number of nitrogens with zero attached hydrogens (tertiary/aromatic N) is 1. The number of hydrogen-bond donors (Lipinski definition) is 1. The van der Waals surface area contributed by atoms with Gasteiger partial charge in [0.25, 0.3) is 0 Å². The van der Waals surface area contributed by atoms with E-state index >= 15 is 0 Å². The predicted octanol–water partition coefficient (Wildman–Crippen LogP) is 3.89. The van der Waals surface area contributed by atoms with E-state index in [1.807, 2.05) is 6.07 Å². The first-order valence-electron chi connectivity index (χ1n) is 10.2. The zero-order valence-electron chi connectivity index (χ0n) is 15.7. The number of carbonyl (C=O) groups excluding carboxylic acids is 1. The number of benzene rings is 1. The molecule has 3 aliphatic heterocycles. The fraction of sp³-hybridized carbons (Fsp3) is 0.522. The van der Waals surface area contributed by atoms with Crippen LogP contribution in [0.3, 0.4) is 0 Å².